The molecule has 0 heterocycles. The maximum Gasteiger partial charge on any atom is 0.222 e. The summed E-state index contributed by atoms with van der Waals surface area (Å²) in [4.78, 5) is 12.1. The summed E-state index contributed by atoms with van der Waals surface area (Å²) >= 11 is 6.12. The average Bonchev–Trinajstić information content (AvgIpc) is 2.75. The molecule has 0 bridgehead atoms. The molecule has 1 aliphatic carbocycles. The third-order valence-electron chi connectivity index (χ3n) is 3.86. The highest BCUT2D eigenvalue weighted by Crippen LogP contribution is 2.30. The van der Waals surface area contributed by atoms with Gasteiger partial charge in [0.05, 0.1) is 6.04 Å². The van der Waals surface area contributed by atoms with Crippen LogP contribution in [0.1, 0.15) is 50.6 Å². The van der Waals surface area contributed by atoms with Crippen LogP contribution in [0.25, 0.3) is 0 Å². The number of carbonyl (C=O) groups excluding carboxylic acids is 1. The first-order chi connectivity index (χ1) is 9.00. The molecule has 1 amide bonds. The van der Waals surface area contributed by atoms with E-state index < -0.39 is 0 Å². The van der Waals surface area contributed by atoms with Crippen molar-refractivity contribution in [2.24, 2.45) is 5.73 Å². The maximum absolute atomic E-state index is 12.1. The number of benzene rings is 1. The fourth-order valence-electron chi connectivity index (χ4n) is 2.77. The van der Waals surface area contributed by atoms with Crippen molar-refractivity contribution in [3.63, 3.8) is 0 Å². The van der Waals surface area contributed by atoms with Gasteiger partial charge < -0.3 is 11.1 Å². The van der Waals surface area contributed by atoms with Gasteiger partial charge in [0.2, 0.25) is 5.91 Å². The SMILES string of the molecule is C[C@H](NC(=O)CC1(N)CCCC1)c1ccccc1Cl. The summed E-state index contributed by atoms with van der Waals surface area (Å²) in [5, 5.41) is 3.67. The molecule has 3 N–H and O–H groups in total. The zero-order valence-corrected chi connectivity index (χ0v) is 12.0. The molecular weight excluding hydrogens is 260 g/mol. The molecule has 0 saturated heterocycles. The minimum absolute atomic E-state index is 0.0109. The van der Waals surface area contributed by atoms with E-state index in [1.54, 1.807) is 0 Å². The van der Waals surface area contributed by atoms with E-state index in [9.17, 15) is 4.79 Å². The van der Waals surface area contributed by atoms with E-state index in [-0.39, 0.29) is 17.5 Å². The summed E-state index contributed by atoms with van der Waals surface area (Å²) in [5.41, 5.74) is 6.86. The highest BCUT2D eigenvalue weighted by Gasteiger charge is 2.32. The van der Waals surface area contributed by atoms with Crippen LogP contribution in [-0.4, -0.2) is 11.4 Å². The lowest BCUT2D eigenvalue weighted by molar-refractivity contribution is -0.122. The number of nitrogens with one attached hydrogen (secondary N) is 1. The van der Waals surface area contributed by atoms with Gasteiger partial charge in [-0.25, -0.2) is 0 Å². The van der Waals surface area contributed by atoms with E-state index in [0.717, 1.165) is 31.2 Å². The molecule has 1 aromatic rings. The Morgan fingerprint density at radius 1 is 1.42 bits per heavy atom. The lowest BCUT2D eigenvalue weighted by Gasteiger charge is -2.24. The number of hydrogen-bond acceptors (Lipinski definition) is 2. The Labute approximate surface area is 119 Å². The van der Waals surface area contributed by atoms with Gasteiger partial charge in [-0.3, -0.25) is 4.79 Å². The first kappa shape index (κ1) is 14.4. The van der Waals surface area contributed by atoms with Gasteiger partial charge in [0.15, 0.2) is 0 Å². The summed E-state index contributed by atoms with van der Waals surface area (Å²) < 4.78 is 0. The van der Waals surface area contributed by atoms with Crippen LogP contribution in [0, 0.1) is 0 Å². The normalized spacial score (nSPS) is 19.1. The number of hydrogen-bond donors (Lipinski definition) is 2. The predicted octanol–water partition coefficient (Wildman–Crippen LogP) is 3.18. The molecule has 0 radical (unpaired) electrons. The maximum atomic E-state index is 12.1. The van der Waals surface area contributed by atoms with Crippen molar-refractivity contribution in [3.8, 4) is 0 Å². The second-order valence-corrected chi connectivity index (χ2v) is 5.96. The van der Waals surface area contributed by atoms with E-state index in [1.807, 2.05) is 31.2 Å². The minimum atomic E-state index is -0.301. The van der Waals surface area contributed by atoms with Crippen LogP contribution in [0.3, 0.4) is 0 Å². The van der Waals surface area contributed by atoms with Crippen molar-refractivity contribution >= 4 is 17.5 Å². The van der Waals surface area contributed by atoms with E-state index in [1.165, 1.54) is 0 Å². The van der Waals surface area contributed by atoms with Crippen LogP contribution in [0.4, 0.5) is 0 Å². The van der Waals surface area contributed by atoms with Crippen LogP contribution in [0.5, 0.6) is 0 Å². The third kappa shape index (κ3) is 3.71. The summed E-state index contributed by atoms with van der Waals surface area (Å²) in [6, 6.07) is 7.48. The van der Waals surface area contributed by atoms with Gasteiger partial charge in [0.1, 0.15) is 0 Å². The van der Waals surface area contributed by atoms with E-state index >= 15 is 0 Å². The van der Waals surface area contributed by atoms with Crippen LogP contribution in [0.15, 0.2) is 24.3 Å². The Morgan fingerprint density at radius 3 is 2.68 bits per heavy atom. The average molecular weight is 281 g/mol. The van der Waals surface area contributed by atoms with Gasteiger partial charge in [-0.1, -0.05) is 42.6 Å². The Hall–Kier alpha value is -1.06. The zero-order chi connectivity index (χ0) is 13.9. The second kappa shape index (κ2) is 5.93. The highest BCUT2D eigenvalue weighted by atomic mass is 35.5. The standard InChI is InChI=1S/C15H21ClN2O/c1-11(12-6-2-3-7-13(12)16)18-14(19)10-15(17)8-4-5-9-15/h2-3,6-7,11H,4-5,8-10,17H2,1H3,(H,18,19)/t11-/m0/s1. The van der Waals surface area contributed by atoms with Crippen molar-refractivity contribution in [3.05, 3.63) is 34.9 Å². The molecule has 104 valence electrons. The lowest BCUT2D eigenvalue weighted by atomic mass is 9.94. The zero-order valence-electron chi connectivity index (χ0n) is 11.3. The van der Waals surface area contributed by atoms with Crippen LogP contribution < -0.4 is 11.1 Å². The van der Waals surface area contributed by atoms with Gasteiger partial charge >= 0.3 is 0 Å². The molecule has 1 saturated carbocycles. The van der Waals surface area contributed by atoms with Crippen LogP contribution >= 0.6 is 11.6 Å². The molecule has 0 aromatic heterocycles. The third-order valence-corrected chi connectivity index (χ3v) is 4.21. The Morgan fingerprint density at radius 2 is 2.05 bits per heavy atom. The molecule has 1 aromatic carbocycles. The quantitative estimate of drug-likeness (QED) is 0.890. The predicted molar refractivity (Wildman–Crippen MR) is 78.0 cm³/mol. The number of carbonyl (C=O) groups is 1. The summed E-state index contributed by atoms with van der Waals surface area (Å²) in [6.45, 7) is 1.94. The van der Waals surface area contributed by atoms with Crippen LogP contribution in [-0.2, 0) is 4.79 Å². The first-order valence-corrected chi connectivity index (χ1v) is 7.21. The Kier molecular flexibility index (Phi) is 4.48. The number of nitrogens with two attached hydrogens (primary N) is 1. The largest absolute Gasteiger partial charge is 0.349 e. The molecule has 19 heavy (non-hydrogen) atoms. The minimum Gasteiger partial charge on any atom is -0.349 e. The van der Waals surface area contributed by atoms with Crippen molar-refractivity contribution in [2.45, 2.75) is 50.6 Å². The van der Waals surface area contributed by atoms with Gasteiger partial charge in [-0.2, -0.15) is 0 Å². The topological polar surface area (TPSA) is 55.1 Å². The fraction of sp³-hybridized carbons (Fsp3) is 0.533. The summed E-state index contributed by atoms with van der Waals surface area (Å²) in [5.74, 6) is 0.0109. The van der Waals surface area contributed by atoms with Gasteiger partial charge in [0.25, 0.3) is 0 Å². The first-order valence-electron chi connectivity index (χ1n) is 6.83. The molecule has 4 heteroatoms. The molecule has 1 aliphatic rings. The van der Waals surface area contributed by atoms with E-state index in [0.29, 0.717) is 11.4 Å². The number of halogens is 1. The Bertz CT molecular complexity index is 455. The van der Waals surface area contributed by atoms with Crippen LogP contribution in [0.2, 0.25) is 5.02 Å². The molecular formula is C15H21ClN2O. The van der Waals surface area contributed by atoms with Crippen molar-refractivity contribution < 1.29 is 4.79 Å². The molecule has 1 atom stereocenters. The fourth-order valence-corrected chi connectivity index (χ4v) is 3.07. The molecule has 0 spiro atoms. The van der Waals surface area contributed by atoms with Gasteiger partial charge in [-0.15, -0.1) is 0 Å². The van der Waals surface area contributed by atoms with Crippen molar-refractivity contribution in [1.29, 1.82) is 0 Å². The van der Waals surface area contributed by atoms with Crippen molar-refractivity contribution in [1.82, 2.24) is 5.32 Å². The molecule has 0 unspecified atom stereocenters. The van der Waals surface area contributed by atoms with Gasteiger partial charge in [0, 0.05) is 17.0 Å². The van der Waals surface area contributed by atoms with Crippen molar-refractivity contribution in [2.75, 3.05) is 0 Å². The van der Waals surface area contributed by atoms with Gasteiger partial charge in [-0.05, 0) is 31.4 Å². The van der Waals surface area contributed by atoms with E-state index in [4.69, 9.17) is 17.3 Å². The highest BCUT2D eigenvalue weighted by molar-refractivity contribution is 6.31. The monoisotopic (exact) mass is 280 g/mol. The Balaban J connectivity index is 1.94. The molecule has 0 aliphatic heterocycles. The molecule has 3 nitrogen and oxygen atoms in total. The number of amides is 1. The number of rotatable bonds is 4. The van der Waals surface area contributed by atoms with E-state index in [2.05, 4.69) is 5.32 Å². The smallest absolute Gasteiger partial charge is 0.222 e. The summed E-state index contributed by atoms with van der Waals surface area (Å²) in [6.07, 6.45) is 4.55. The second-order valence-electron chi connectivity index (χ2n) is 5.56. The lowest BCUT2D eigenvalue weighted by Crippen LogP contribution is -2.42. The molecule has 1 fully saturated rings. The molecule has 2 rings (SSSR count). The summed E-state index contributed by atoms with van der Waals surface area (Å²) in [7, 11) is 0.